The van der Waals surface area contributed by atoms with E-state index in [1.807, 2.05) is 12.1 Å². The number of ether oxygens (including phenoxy) is 2. The molecule has 0 aromatic carbocycles. The van der Waals surface area contributed by atoms with E-state index in [0.717, 1.165) is 18.6 Å². The van der Waals surface area contributed by atoms with Gasteiger partial charge in [-0.05, 0) is 43.7 Å². The van der Waals surface area contributed by atoms with Gasteiger partial charge in [0.2, 0.25) is 0 Å². The van der Waals surface area contributed by atoms with Crippen LogP contribution in [-0.2, 0) is 14.9 Å². The number of methoxy groups -OCH3 is 1. The van der Waals surface area contributed by atoms with Crippen molar-refractivity contribution in [1.29, 1.82) is 0 Å². The zero-order chi connectivity index (χ0) is 17.7. The van der Waals surface area contributed by atoms with Crippen molar-refractivity contribution in [3.63, 3.8) is 0 Å². The summed E-state index contributed by atoms with van der Waals surface area (Å²) in [5.74, 6) is 1.08. The second-order valence-electron chi connectivity index (χ2n) is 6.73. The highest BCUT2D eigenvalue weighted by Crippen LogP contribution is 2.25. The highest BCUT2D eigenvalue weighted by atomic mass is 32.2. The van der Waals surface area contributed by atoms with E-state index < -0.39 is 10.2 Å². The molecule has 0 N–H and O–H groups in total. The minimum absolute atomic E-state index is 0.0523. The Morgan fingerprint density at radius 3 is 2.52 bits per heavy atom. The zero-order valence-electron chi connectivity index (χ0n) is 14.7. The summed E-state index contributed by atoms with van der Waals surface area (Å²) >= 11 is 0. The zero-order valence-corrected chi connectivity index (χ0v) is 15.5. The Morgan fingerprint density at radius 1 is 1.12 bits per heavy atom. The maximum Gasteiger partial charge on any atom is 0.281 e. The molecule has 0 aliphatic carbocycles. The van der Waals surface area contributed by atoms with Crippen LogP contribution in [0.25, 0.3) is 0 Å². The summed E-state index contributed by atoms with van der Waals surface area (Å²) in [5.41, 5.74) is 0. The fourth-order valence-corrected chi connectivity index (χ4v) is 5.32. The largest absolute Gasteiger partial charge is 0.490 e. The third-order valence-electron chi connectivity index (χ3n) is 4.89. The van der Waals surface area contributed by atoms with E-state index in [1.54, 1.807) is 28.1 Å². The third kappa shape index (κ3) is 4.69. The molecule has 140 valence electrons. The number of piperidine rings is 2. The summed E-state index contributed by atoms with van der Waals surface area (Å²) in [6, 6.07) is 3.65. The normalized spacial score (nSPS) is 24.3. The lowest BCUT2D eigenvalue weighted by atomic mass is 10.0. The predicted molar refractivity (Wildman–Crippen MR) is 94.6 cm³/mol. The van der Waals surface area contributed by atoms with Crippen LogP contribution in [0.5, 0.6) is 5.75 Å². The summed E-state index contributed by atoms with van der Waals surface area (Å²) in [6.07, 6.45) is 6.78. The molecule has 0 radical (unpaired) electrons. The molecule has 0 amide bonds. The van der Waals surface area contributed by atoms with E-state index in [4.69, 9.17) is 9.47 Å². The molecule has 0 saturated carbocycles. The van der Waals surface area contributed by atoms with Gasteiger partial charge in [0.25, 0.3) is 10.2 Å². The summed E-state index contributed by atoms with van der Waals surface area (Å²) in [5, 5.41) is 0. The first kappa shape index (κ1) is 18.6. The first-order chi connectivity index (χ1) is 12.1. The van der Waals surface area contributed by atoms with E-state index in [2.05, 4.69) is 4.98 Å². The molecule has 1 aromatic heterocycles. The van der Waals surface area contributed by atoms with Crippen molar-refractivity contribution in [1.82, 2.24) is 13.6 Å². The number of rotatable bonds is 6. The van der Waals surface area contributed by atoms with Crippen LogP contribution in [0.3, 0.4) is 0 Å². The van der Waals surface area contributed by atoms with Gasteiger partial charge in [-0.15, -0.1) is 0 Å². The summed E-state index contributed by atoms with van der Waals surface area (Å²) in [4.78, 5) is 3.97. The molecule has 2 aliphatic rings. The van der Waals surface area contributed by atoms with Crippen molar-refractivity contribution in [3.8, 4) is 5.75 Å². The SMILES string of the molecule is COCC1CCCN(S(=O)(=O)N2CCC(Oc3ccncc3)CC2)C1. The van der Waals surface area contributed by atoms with Crippen LogP contribution >= 0.6 is 0 Å². The molecule has 0 spiro atoms. The van der Waals surface area contributed by atoms with E-state index in [9.17, 15) is 8.42 Å². The van der Waals surface area contributed by atoms with Gasteiger partial charge >= 0.3 is 0 Å². The molecule has 0 bridgehead atoms. The number of nitrogens with zero attached hydrogens (tertiary/aromatic N) is 3. The van der Waals surface area contributed by atoms with Crippen LogP contribution in [0.2, 0.25) is 0 Å². The highest BCUT2D eigenvalue weighted by Gasteiger charge is 2.36. The van der Waals surface area contributed by atoms with Crippen molar-refractivity contribution < 1.29 is 17.9 Å². The molecular weight excluding hydrogens is 342 g/mol. The molecule has 3 rings (SSSR count). The quantitative estimate of drug-likeness (QED) is 0.760. The molecule has 7 nitrogen and oxygen atoms in total. The molecule has 1 atom stereocenters. The molecule has 8 heteroatoms. The van der Waals surface area contributed by atoms with Gasteiger partial charge in [0, 0.05) is 45.7 Å². The number of hydrogen-bond donors (Lipinski definition) is 0. The van der Waals surface area contributed by atoms with E-state index in [-0.39, 0.29) is 6.10 Å². The van der Waals surface area contributed by atoms with Crippen LogP contribution in [0.15, 0.2) is 24.5 Å². The Bertz CT molecular complexity index is 631. The standard InChI is InChI=1S/C17H27N3O4S/c1-23-14-15-3-2-10-20(13-15)25(21,22)19-11-6-17(7-12-19)24-16-4-8-18-9-5-16/h4-5,8-9,15,17H,2-3,6-7,10-14H2,1H3. The maximum atomic E-state index is 12.9. The lowest BCUT2D eigenvalue weighted by Crippen LogP contribution is -2.51. The van der Waals surface area contributed by atoms with Gasteiger partial charge < -0.3 is 9.47 Å². The summed E-state index contributed by atoms with van der Waals surface area (Å²) < 4.78 is 40.2. The van der Waals surface area contributed by atoms with Crippen LogP contribution in [-0.4, -0.2) is 68.0 Å². The smallest absolute Gasteiger partial charge is 0.281 e. The fourth-order valence-electron chi connectivity index (χ4n) is 3.56. The lowest BCUT2D eigenvalue weighted by molar-refractivity contribution is 0.110. The van der Waals surface area contributed by atoms with Crippen LogP contribution in [0.4, 0.5) is 0 Å². The van der Waals surface area contributed by atoms with Crippen molar-refractivity contribution >= 4 is 10.2 Å². The van der Waals surface area contributed by atoms with Crippen molar-refractivity contribution in [2.75, 3.05) is 39.9 Å². The van der Waals surface area contributed by atoms with Gasteiger partial charge in [-0.25, -0.2) is 0 Å². The first-order valence-corrected chi connectivity index (χ1v) is 10.3. The Morgan fingerprint density at radius 2 is 1.84 bits per heavy atom. The number of hydrogen-bond acceptors (Lipinski definition) is 5. The predicted octanol–water partition coefficient (Wildman–Crippen LogP) is 1.53. The van der Waals surface area contributed by atoms with Gasteiger partial charge in [-0.3, -0.25) is 4.98 Å². The second-order valence-corrected chi connectivity index (χ2v) is 8.66. The maximum absolute atomic E-state index is 12.9. The van der Waals surface area contributed by atoms with E-state index >= 15 is 0 Å². The highest BCUT2D eigenvalue weighted by molar-refractivity contribution is 7.86. The van der Waals surface area contributed by atoms with Crippen molar-refractivity contribution in [2.24, 2.45) is 5.92 Å². The first-order valence-electron chi connectivity index (χ1n) is 8.90. The average molecular weight is 369 g/mol. The average Bonchev–Trinajstić information content (AvgIpc) is 2.64. The van der Waals surface area contributed by atoms with Crippen LogP contribution in [0, 0.1) is 5.92 Å². The molecule has 1 unspecified atom stereocenters. The lowest BCUT2D eigenvalue weighted by Gasteiger charge is -2.38. The van der Waals surface area contributed by atoms with Gasteiger partial charge in [0.05, 0.1) is 6.61 Å². The Kier molecular flexibility index (Phi) is 6.27. The molecule has 2 saturated heterocycles. The fraction of sp³-hybridized carbons (Fsp3) is 0.706. The van der Waals surface area contributed by atoms with Crippen molar-refractivity contribution in [3.05, 3.63) is 24.5 Å². The molecule has 3 heterocycles. The van der Waals surface area contributed by atoms with Crippen LogP contribution in [0.1, 0.15) is 25.7 Å². The minimum Gasteiger partial charge on any atom is -0.490 e. The van der Waals surface area contributed by atoms with Crippen LogP contribution < -0.4 is 4.74 Å². The number of pyridine rings is 1. The topological polar surface area (TPSA) is 72.0 Å². The van der Waals surface area contributed by atoms with E-state index in [1.165, 1.54) is 0 Å². The Balaban J connectivity index is 1.54. The third-order valence-corrected chi connectivity index (χ3v) is 6.89. The second kappa shape index (κ2) is 8.44. The summed E-state index contributed by atoms with van der Waals surface area (Å²) in [7, 11) is -1.72. The van der Waals surface area contributed by atoms with Gasteiger partial charge in [-0.2, -0.15) is 17.0 Å². The Labute approximate surface area is 150 Å². The molecule has 25 heavy (non-hydrogen) atoms. The number of aromatic nitrogens is 1. The van der Waals surface area contributed by atoms with E-state index in [0.29, 0.717) is 51.5 Å². The molecular formula is C17H27N3O4S. The molecule has 2 fully saturated rings. The van der Waals surface area contributed by atoms with Gasteiger partial charge in [0.1, 0.15) is 11.9 Å². The van der Waals surface area contributed by atoms with Gasteiger partial charge in [0.15, 0.2) is 0 Å². The minimum atomic E-state index is -3.39. The van der Waals surface area contributed by atoms with Crippen molar-refractivity contribution in [2.45, 2.75) is 31.8 Å². The molecule has 1 aromatic rings. The summed E-state index contributed by atoms with van der Waals surface area (Å²) in [6.45, 7) is 2.79. The van der Waals surface area contributed by atoms with Gasteiger partial charge in [-0.1, -0.05) is 0 Å². The monoisotopic (exact) mass is 369 g/mol. The Hall–Kier alpha value is -1.22. The molecule has 2 aliphatic heterocycles.